The van der Waals surface area contributed by atoms with E-state index in [-0.39, 0.29) is 6.04 Å². The Hall–Kier alpha value is -1.16. The van der Waals surface area contributed by atoms with Gasteiger partial charge in [0, 0.05) is 6.04 Å². The van der Waals surface area contributed by atoms with Crippen molar-refractivity contribution in [2.24, 2.45) is 5.73 Å². The van der Waals surface area contributed by atoms with Crippen LogP contribution in [-0.2, 0) is 0 Å². The number of rotatable bonds is 3. The van der Waals surface area contributed by atoms with E-state index in [1.54, 1.807) is 0 Å². The van der Waals surface area contributed by atoms with E-state index >= 15 is 0 Å². The van der Waals surface area contributed by atoms with Crippen LogP contribution in [0.15, 0.2) is 12.3 Å². The molecule has 1 aliphatic heterocycles. The lowest BCUT2D eigenvalue weighted by Gasteiger charge is -2.15. The fraction of sp³-hybridized carbons (Fsp3) is 0.556. The van der Waals surface area contributed by atoms with E-state index in [1.807, 2.05) is 16.6 Å². The summed E-state index contributed by atoms with van der Waals surface area (Å²) in [6, 6.07) is -0.193. The Morgan fingerprint density at radius 3 is 2.85 bits per heavy atom. The summed E-state index contributed by atoms with van der Waals surface area (Å²) in [5, 5.41) is 9.53. The summed E-state index contributed by atoms with van der Waals surface area (Å²) in [7, 11) is 0. The molecule has 0 spiro atoms. The van der Waals surface area contributed by atoms with Crippen molar-refractivity contribution in [1.29, 1.82) is 5.41 Å². The molecule has 4 nitrogen and oxygen atoms in total. The second-order valence-electron chi connectivity index (χ2n) is 3.42. The highest BCUT2D eigenvalue weighted by Gasteiger charge is 2.27. The average molecular weight is 181 g/mol. The molecule has 0 amide bonds. The maximum absolute atomic E-state index is 7.63. The molecular formula is C9H17N4+. The number of nitrogens with two attached hydrogens (primary N) is 1. The lowest BCUT2D eigenvalue weighted by Crippen LogP contribution is -2.38. The third-order valence-corrected chi connectivity index (χ3v) is 2.23. The first-order chi connectivity index (χ1) is 6.02. The molecule has 1 atom stereocenters. The van der Waals surface area contributed by atoms with Crippen LogP contribution in [0.1, 0.15) is 13.3 Å². The summed E-state index contributed by atoms with van der Waals surface area (Å²) in [4.78, 5) is 0. The summed E-state index contributed by atoms with van der Waals surface area (Å²) >= 11 is 0. The van der Waals surface area contributed by atoms with Crippen LogP contribution in [0.4, 0.5) is 0 Å². The average Bonchev–Trinajstić information content (AvgIpc) is 2.35. The molecule has 0 aliphatic carbocycles. The van der Waals surface area contributed by atoms with Gasteiger partial charge in [-0.3, -0.25) is 0 Å². The third-order valence-electron chi connectivity index (χ3n) is 2.23. The zero-order chi connectivity index (χ0) is 10.0. The van der Waals surface area contributed by atoms with Gasteiger partial charge in [0.1, 0.15) is 6.54 Å². The summed E-state index contributed by atoms with van der Waals surface area (Å²) in [6.45, 7) is 11.0. The zero-order valence-corrected chi connectivity index (χ0v) is 8.08. The molecule has 1 heterocycles. The molecule has 0 aromatic rings. The molecule has 13 heavy (non-hydrogen) atoms. The van der Waals surface area contributed by atoms with Gasteiger partial charge in [-0.15, -0.1) is 4.68 Å². The minimum Gasteiger partial charge on any atom is -0.323 e. The number of nitrogens with one attached hydrogen (secondary N) is 1. The number of nitrogens with zero attached hydrogens (tertiary/aromatic N) is 2. The Balaban J connectivity index is 2.58. The molecule has 0 bridgehead atoms. The van der Waals surface area contributed by atoms with E-state index < -0.39 is 0 Å². The topological polar surface area (TPSA) is 56.1 Å². The molecule has 4 heteroatoms. The Bertz CT molecular complexity index is 238. The monoisotopic (exact) mass is 181 g/mol. The van der Waals surface area contributed by atoms with Crippen molar-refractivity contribution < 1.29 is 4.68 Å². The van der Waals surface area contributed by atoms with E-state index in [0.717, 1.165) is 18.7 Å². The van der Waals surface area contributed by atoms with Crippen molar-refractivity contribution in [3.05, 3.63) is 12.3 Å². The Morgan fingerprint density at radius 1 is 1.85 bits per heavy atom. The predicted octanol–water partition coefficient (Wildman–Crippen LogP) is 0.201. The standard InChI is InChI=1S/C9H17N4/c1-7-4-5-12(3)13(7)6-9(11)8(2)10/h8,11H,1,3-6,10H2,2H3/q+1. The lowest BCUT2D eigenvalue weighted by molar-refractivity contribution is -0.650. The van der Waals surface area contributed by atoms with Crippen LogP contribution < -0.4 is 5.73 Å². The van der Waals surface area contributed by atoms with Gasteiger partial charge in [0.15, 0.2) is 13.3 Å². The summed E-state index contributed by atoms with van der Waals surface area (Å²) in [6.07, 6.45) is 0.926. The van der Waals surface area contributed by atoms with Gasteiger partial charge in [0.05, 0.1) is 17.8 Å². The van der Waals surface area contributed by atoms with Crippen molar-refractivity contribution in [2.45, 2.75) is 19.4 Å². The second-order valence-corrected chi connectivity index (χ2v) is 3.42. The minimum absolute atomic E-state index is 0.193. The number of hydrazone groups is 1. The van der Waals surface area contributed by atoms with Crippen LogP contribution in [0.3, 0.4) is 0 Å². The van der Waals surface area contributed by atoms with Crippen molar-refractivity contribution in [3.63, 3.8) is 0 Å². The molecule has 72 valence electrons. The van der Waals surface area contributed by atoms with Crippen LogP contribution in [0.5, 0.6) is 0 Å². The molecule has 1 rings (SSSR count). The fourth-order valence-corrected chi connectivity index (χ4v) is 1.23. The molecule has 3 N–H and O–H groups in total. The van der Waals surface area contributed by atoms with Crippen molar-refractivity contribution in [1.82, 2.24) is 5.01 Å². The SMILES string of the molecule is C=C1CC[N+](=C)N1CC(=N)C(C)N. The summed E-state index contributed by atoms with van der Waals surface area (Å²) < 4.78 is 1.83. The first kappa shape index (κ1) is 9.92. The van der Waals surface area contributed by atoms with Crippen molar-refractivity contribution >= 4 is 12.4 Å². The molecule has 0 aromatic carbocycles. The Morgan fingerprint density at radius 2 is 2.46 bits per heavy atom. The molecule has 0 radical (unpaired) electrons. The zero-order valence-electron chi connectivity index (χ0n) is 8.08. The second kappa shape index (κ2) is 3.70. The summed E-state index contributed by atoms with van der Waals surface area (Å²) in [5.41, 5.74) is 7.11. The number of hydrogen-bond acceptors (Lipinski definition) is 3. The highest BCUT2D eigenvalue weighted by Crippen LogP contribution is 2.14. The first-order valence-electron chi connectivity index (χ1n) is 4.38. The molecular weight excluding hydrogens is 164 g/mol. The summed E-state index contributed by atoms with van der Waals surface area (Å²) in [5.74, 6) is 0. The minimum atomic E-state index is -0.193. The van der Waals surface area contributed by atoms with Crippen LogP contribution >= 0.6 is 0 Å². The number of hydrogen-bond donors (Lipinski definition) is 2. The first-order valence-corrected chi connectivity index (χ1v) is 4.38. The van der Waals surface area contributed by atoms with E-state index in [0.29, 0.717) is 12.3 Å². The van der Waals surface area contributed by atoms with Gasteiger partial charge in [-0.1, -0.05) is 6.58 Å². The van der Waals surface area contributed by atoms with Crippen LogP contribution in [0.2, 0.25) is 0 Å². The maximum atomic E-state index is 7.63. The lowest BCUT2D eigenvalue weighted by atomic mass is 10.2. The number of hydrazine groups is 1. The van der Waals surface area contributed by atoms with Crippen LogP contribution in [0, 0.1) is 5.41 Å². The Labute approximate surface area is 78.8 Å². The smallest absolute Gasteiger partial charge is 0.177 e. The van der Waals surface area contributed by atoms with Crippen molar-refractivity contribution in [2.75, 3.05) is 13.1 Å². The maximum Gasteiger partial charge on any atom is 0.177 e. The van der Waals surface area contributed by atoms with Gasteiger partial charge in [-0.25, -0.2) is 0 Å². The molecule has 0 aromatic heterocycles. The normalized spacial score (nSPS) is 19.4. The van der Waals surface area contributed by atoms with Gasteiger partial charge in [0.2, 0.25) is 0 Å². The van der Waals surface area contributed by atoms with Crippen LogP contribution in [0.25, 0.3) is 0 Å². The van der Waals surface area contributed by atoms with E-state index in [4.69, 9.17) is 11.1 Å². The third kappa shape index (κ3) is 2.15. The van der Waals surface area contributed by atoms with Gasteiger partial charge < -0.3 is 11.1 Å². The van der Waals surface area contributed by atoms with E-state index in [2.05, 4.69) is 13.3 Å². The molecule has 0 saturated carbocycles. The van der Waals surface area contributed by atoms with Gasteiger partial charge in [-0.2, -0.15) is 5.01 Å². The van der Waals surface area contributed by atoms with Gasteiger partial charge in [0.25, 0.3) is 0 Å². The van der Waals surface area contributed by atoms with Gasteiger partial charge in [-0.05, 0) is 6.92 Å². The molecule has 1 fully saturated rings. The highest BCUT2D eigenvalue weighted by molar-refractivity contribution is 5.88. The molecule has 1 aliphatic rings. The Kier molecular flexibility index (Phi) is 2.83. The van der Waals surface area contributed by atoms with E-state index in [9.17, 15) is 0 Å². The largest absolute Gasteiger partial charge is 0.323 e. The fourth-order valence-electron chi connectivity index (χ4n) is 1.23. The van der Waals surface area contributed by atoms with E-state index in [1.165, 1.54) is 0 Å². The highest BCUT2D eigenvalue weighted by atomic mass is 15.6. The van der Waals surface area contributed by atoms with Gasteiger partial charge >= 0.3 is 0 Å². The predicted molar refractivity (Wildman–Crippen MR) is 54.1 cm³/mol. The quantitative estimate of drug-likeness (QED) is 0.483. The molecule has 1 saturated heterocycles. The van der Waals surface area contributed by atoms with Crippen LogP contribution in [-0.4, -0.2) is 41.3 Å². The molecule has 1 unspecified atom stereocenters. The van der Waals surface area contributed by atoms with Crippen molar-refractivity contribution in [3.8, 4) is 0 Å².